The summed E-state index contributed by atoms with van der Waals surface area (Å²) in [5, 5.41) is 0. The quantitative estimate of drug-likeness (QED) is 0.167. The molecule has 0 amide bonds. The van der Waals surface area contributed by atoms with Crippen molar-refractivity contribution in [1.82, 2.24) is 24.2 Å². The molecule has 0 saturated carbocycles. The zero-order valence-electron chi connectivity index (χ0n) is 43.0. The lowest BCUT2D eigenvalue weighted by Crippen LogP contribution is -2.51. The SMILES string of the molecule is CC(C)N1CC[n+]2ccn(C(C)C)c2C1.CC(C)N1CCc2c(ccc[n+]2C(C)C)C1.CC(C)N1CCc2c[n+](C(C)C)ccc2C1.CC(C)N1CCc2cc[n+](C(C)C)cc2C1. The van der Waals surface area contributed by atoms with Crippen LogP contribution in [0.15, 0.2) is 67.6 Å². The second-order valence-corrected chi connectivity index (χ2v) is 21.0. The Morgan fingerprint density at radius 1 is 0.429 bits per heavy atom. The number of imidazole rings is 1. The van der Waals surface area contributed by atoms with E-state index >= 15 is 0 Å². The lowest BCUT2D eigenvalue weighted by molar-refractivity contribution is -0.723. The highest BCUT2D eigenvalue weighted by atomic mass is 15.3. The molecule has 0 radical (unpaired) electrons. The summed E-state index contributed by atoms with van der Waals surface area (Å²) in [6.45, 7) is 46.5. The minimum atomic E-state index is 0.555. The van der Waals surface area contributed by atoms with Crippen LogP contribution in [-0.4, -0.2) is 74.5 Å². The van der Waals surface area contributed by atoms with Gasteiger partial charge in [0.05, 0.1) is 6.04 Å². The van der Waals surface area contributed by atoms with E-state index in [0.29, 0.717) is 48.3 Å². The summed E-state index contributed by atoms with van der Waals surface area (Å²) in [5.74, 6) is 1.45. The fourth-order valence-corrected chi connectivity index (χ4v) is 9.36. The smallest absolute Gasteiger partial charge is 0.271 e. The summed E-state index contributed by atoms with van der Waals surface area (Å²) in [6.07, 6.45) is 19.3. The molecule has 9 nitrogen and oxygen atoms in total. The van der Waals surface area contributed by atoms with E-state index in [2.05, 4.69) is 221 Å². The van der Waals surface area contributed by atoms with Gasteiger partial charge in [-0.05, 0) is 141 Å². The molecule has 0 N–H and O–H groups in total. The first-order valence-electron chi connectivity index (χ1n) is 25.0. The minimum Gasteiger partial charge on any atom is -0.296 e. The van der Waals surface area contributed by atoms with Gasteiger partial charge in [-0.3, -0.25) is 19.6 Å². The lowest BCUT2D eigenvalue weighted by atomic mass is 10.0. The van der Waals surface area contributed by atoms with Gasteiger partial charge in [-0.1, -0.05) is 0 Å². The van der Waals surface area contributed by atoms with Gasteiger partial charge < -0.3 is 0 Å². The third-order valence-corrected chi connectivity index (χ3v) is 13.9. The highest BCUT2D eigenvalue weighted by Crippen LogP contribution is 2.22. The summed E-state index contributed by atoms with van der Waals surface area (Å²) in [5.41, 5.74) is 9.14. The summed E-state index contributed by atoms with van der Waals surface area (Å²) in [7, 11) is 0. The number of nitrogens with zero attached hydrogens (tertiary/aromatic N) is 9. The van der Waals surface area contributed by atoms with Crippen molar-refractivity contribution < 1.29 is 18.3 Å². The van der Waals surface area contributed by atoms with E-state index in [0.717, 1.165) is 32.7 Å². The summed E-state index contributed by atoms with van der Waals surface area (Å²) >= 11 is 0. The third kappa shape index (κ3) is 13.5. The van der Waals surface area contributed by atoms with Crippen molar-refractivity contribution in [2.75, 3.05) is 26.2 Å². The highest BCUT2D eigenvalue weighted by molar-refractivity contribution is 5.25. The molecule has 4 aromatic heterocycles. The van der Waals surface area contributed by atoms with Crippen molar-refractivity contribution in [3.63, 3.8) is 0 Å². The number of hydrogen-bond acceptors (Lipinski definition) is 4. The van der Waals surface area contributed by atoms with Gasteiger partial charge in [-0.15, -0.1) is 0 Å². The first-order chi connectivity index (χ1) is 29.8. The Bertz CT molecular complexity index is 2010. The van der Waals surface area contributed by atoms with Crippen LogP contribution in [0.2, 0.25) is 0 Å². The fourth-order valence-electron chi connectivity index (χ4n) is 9.36. The molecule has 4 aromatic rings. The lowest BCUT2D eigenvalue weighted by Gasteiger charge is -2.31. The maximum absolute atomic E-state index is 2.55. The van der Waals surface area contributed by atoms with Crippen LogP contribution < -0.4 is 18.3 Å². The van der Waals surface area contributed by atoms with Crippen molar-refractivity contribution in [3.8, 4) is 0 Å². The molecule has 0 spiro atoms. The molecular formula is C54H91N9+4. The van der Waals surface area contributed by atoms with Crippen molar-refractivity contribution in [2.24, 2.45) is 0 Å². The second-order valence-electron chi connectivity index (χ2n) is 21.0. The predicted molar refractivity (Wildman–Crippen MR) is 259 cm³/mol. The number of aromatic nitrogens is 5. The molecule has 348 valence electrons. The zero-order chi connectivity index (χ0) is 46.1. The molecule has 8 rings (SSSR count). The van der Waals surface area contributed by atoms with Crippen LogP contribution in [0.5, 0.6) is 0 Å². The van der Waals surface area contributed by atoms with Gasteiger partial charge in [0.1, 0.15) is 25.5 Å². The maximum atomic E-state index is 2.55. The monoisotopic (exact) mass is 866 g/mol. The largest absolute Gasteiger partial charge is 0.296 e. The molecule has 0 aromatic carbocycles. The van der Waals surface area contributed by atoms with Crippen molar-refractivity contribution in [3.05, 3.63) is 107 Å². The molecule has 63 heavy (non-hydrogen) atoms. The Balaban J connectivity index is 0.000000158. The summed E-state index contributed by atoms with van der Waals surface area (Å²) < 4.78 is 11.8. The molecule has 4 aliphatic heterocycles. The van der Waals surface area contributed by atoms with Crippen LogP contribution in [0.3, 0.4) is 0 Å². The Morgan fingerprint density at radius 3 is 1.46 bits per heavy atom. The van der Waals surface area contributed by atoms with Gasteiger partial charge >= 0.3 is 0 Å². The average molecular weight is 866 g/mol. The molecule has 8 heterocycles. The summed E-state index contributed by atoms with van der Waals surface area (Å²) in [6, 6.07) is 13.9. The van der Waals surface area contributed by atoms with Crippen molar-refractivity contribution >= 4 is 0 Å². The van der Waals surface area contributed by atoms with Gasteiger partial charge in [0.25, 0.3) is 5.82 Å². The van der Waals surface area contributed by atoms with E-state index in [1.54, 1.807) is 0 Å². The average Bonchev–Trinajstić information content (AvgIpc) is 3.70. The molecule has 0 saturated heterocycles. The maximum Gasteiger partial charge on any atom is 0.271 e. The number of fused-ring (bicyclic) bond motifs is 4. The van der Waals surface area contributed by atoms with Gasteiger partial charge in [0.15, 0.2) is 54.8 Å². The molecular weight excluding hydrogens is 775 g/mol. The minimum absolute atomic E-state index is 0.555. The standard InChI is InChI=1S/3C14H23N2.C12H22N3/c1-11(2)15-7-5-14-10-16(12(3)4)8-6-13(14)9-15;1-11(2)15-7-5-13-6-8-16(12(3)4)10-14(13)9-15;1-11(2)15-9-7-14-13(10-15)6-5-8-16(14)12(3)4;1-10(2)14-6-5-13-7-8-15(11(3)4)12(13)9-14/h2*5,7,9,11-12H,6,8,10H2,1-4H3;5-6,8,11-12H,7,9-10H2,1-4H3;7-8,10-11H,5-6,9H2,1-4H3/q4*+1. The first-order valence-corrected chi connectivity index (χ1v) is 25.0. The number of rotatable bonds is 8. The van der Waals surface area contributed by atoms with Crippen LogP contribution in [0.4, 0.5) is 0 Å². The molecule has 0 unspecified atom stereocenters. The van der Waals surface area contributed by atoms with E-state index in [9.17, 15) is 0 Å². The van der Waals surface area contributed by atoms with Crippen LogP contribution in [0.25, 0.3) is 0 Å². The summed E-state index contributed by atoms with van der Waals surface area (Å²) in [4.78, 5) is 10.2. The Hall–Kier alpha value is -3.50. The van der Waals surface area contributed by atoms with Crippen LogP contribution in [-0.2, 0) is 52.0 Å². The van der Waals surface area contributed by atoms with Crippen LogP contribution >= 0.6 is 0 Å². The predicted octanol–water partition coefficient (Wildman–Crippen LogP) is 8.55. The second kappa shape index (κ2) is 23.1. The Morgan fingerprint density at radius 2 is 0.921 bits per heavy atom. The topological polar surface area (TPSA) is 33.4 Å². The fraction of sp³-hybridized carbons (Fsp3) is 0.667. The highest BCUT2D eigenvalue weighted by Gasteiger charge is 2.29. The number of pyridine rings is 3. The molecule has 0 atom stereocenters. The van der Waals surface area contributed by atoms with Gasteiger partial charge in [0.2, 0.25) is 0 Å². The van der Waals surface area contributed by atoms with Gasteiger partial charge in [-0.2, -0.15) is 0 Å². The first kappa shape index (κ1) is 50.5. The van der Waals surface area contributed by atoms with E-state index in [1.165, 1.54) is 84.8 Å². The molecule has 9 heteroatoms. The van der Waals surface area contributed by atoms with E-state index in [4.69, 9.17) is 0 Å². The van der Waals surface area contributed by atoms with Crippen molar-refractivity contribution in [2.45, 2.75) is 211 Å². The molecule has 0 fully saturated rings. The normalized spacial score (nSPS) is 17.0. The van der Waals surface area contributed by atoms with Gasteiger partial charge in [-0.25, -0.2) is 22.8 Å². The Labute approximate surface area is 385 Å². The van der Waals surface area contributed by atoms with E-state index in [1.807, 2.05) is 0 Å². The van der Waals surface area contributed by atoms with E-state index < -0.39 is 0 Å². The van der Waals surface area contributed by atoms with Crippen LogP contribution in [0, 0.1) is 0 Å². The number of hydrogen-bond donors (Lipinski definition) is 0. The molecule has 0 bridgehead atoms. The van der Waals surface area contributed by atoms with Crippen molar-refractivity contribution in [1.29, 1.82) is 0 Å². The third-order valence-electron chi connectivity index (χ3n) is 13.9. The zero-order valence-corrected chi connectivity index (χ0v) is 43.0. The van der Waals surface area contributed by atoms with Crippen LogP contribution in [0.1, 0.15) is 174 Å². The molecule has 0 aliphatic carbocycles. The van der Waals surface area contributed by atoms with Gasteiger partial charge in [0, 0.05) is 111 Å². The van der Waals surface area contributed by atoms with E-state index in [-0.39, 0.29) is 0 Å². The Kier molecular flexibility index (Phi) is 18.5. The molecule has 4 aliphatic rings.